The monoisotopic (exact) mass is 453 g/mol. The van der Waals surface area contributed by atoms with E-state index in [1.807, 2.05) is 35.7 Å². The molecule has 8 heteroatoms. The summed E-state index contributed by atoms with van der Waals surface area (Å²) >= 11 is 7.30. The fourth-order valence-electron chi connectivity index (χ4n) is 3.13. The van der Waals surface area contributed by atoms with Gasteiger partial charge in [-0.2, -0.15) is 0 Å². The zero-order chi connectivity index (χ0) is 22.2. The number of hydrogen-bond donors (Lipinski definition) is 1. The molecule has 0 spiro atoms. The van der Waals surface area contributed by atoms with Gasteiger partial charge in [-0.25, -0.2) is 9.66 Å². The third-order valence-corrected chi connectivity index (χ3v) is 5.93. The van der Waals surface area contributed by atoms with Crippen LogP contribution in [0.2, 0.25) is 5.02 Å². The summed E-state index contributed by atoms with van der Waals surface area (Å²) in [5, 5.41) is 2.95. The summed E-state index contributed by atoms with van der Waals surface area (Å²) in [7, 11) is 0. The molecule has 0 unspecified atom stereocenters. The fraction of sp³-hybridized carbons (Fsp3) is 0.174. The molecule has 1 N–H and O–H groups in total. The number of carbonyl (C=O) groups excluding carboxylic acids is 1. The lowest BCUT2D eigenvalue weighted by Gasteiger charge is -2.26. The lowest BCUT2D eigenvalue weighted by molar-refractivity contribution is -0.129. The number of amides is 1. The van der Waals surface area contributed by atoms with Crippen LogP contribution in [0.4, 0.5) is 0 Å². The maximum absolute atomic E-state index is 13.3. The average molecular weight is 454 g/mol. The van der Waals surface area contributed by atoms with Gasteiger partial charge in [0.1, 0.15) is 16.4 Å². The number of fused-ring (bicyclic) bond motifs is 1. The minimum absolute atomic E-state index is 0.335. The number of ether oxygens (including phenoxy) is 1. The van der Waals surface area contributed by atoms with Crippen molar-refractivity contribution in [2.75, 3.05) is 5.43 Å². The first-order valence-corrected chi connectivity index (χ1v) is 10.8. The molecule has 2 heterocycles. The van der Waals surface area contributed by atoms with Gasteiger partial charge < -0.3 is 4.74 Å². The van der Waals surface area contributed by atoms with E-state index in [9.17, 15) is 9.59 Å². The maximum Gasteiger partial charge on any atom is 0.282 e. The molecule has 6 nitrogen and oxygen atoms in total. The molecule has 4 rings (SSSR count). The average Bonchev–Trinajstić information content (AvgIpc) is 3.17. The molecule has 0 saturated carbocycles. The van der Waals surface area contributed by atoms with Crippen LogP contribution in [0.3, 0.4) is 0 Å². The number of aromatic nitrogens is 2. The van der Waals surface area contributed by atoms with Crippen molar-refractivity contribution in [3.63, 3.8) is 0 Å². The Balaban J connectivity index is 1.68. The molecular weight excluding hydrogens is 434 g/mol. The van der Waals surface area contributed by atoms with Crippen molar-refractivity contribution in [2.24, 2.45) is 0 Å². The van der Waals surface area contributed by atoms with Crippen molar-refractivity contribution in [1.29, 1.82) is 0 Å². The summed E-state index contributed by atoms with van der Waals surface area (Å²) in [5.74, 6) is 0.395. The summed E-state index contributed by atoms with van der Waals surface area (Å²) in [6, 6.07) is 16.3. The Morgan fingerprint density at radius 3 is 2.48 bits per heavy atom. The van der Waals surface area contributed by atoms with Crippen molar-refractivity contribution in [1.82, 2.24) is 9.66 Å². The van der Waals surface area contributed by atoms with E-state index < -0.39 is 11.5 Å². The molecule has 31 heavy (non-hydrogen) atoms. The second kappa shape index (κ2) is 8.17. The minimum atomic E-state index is -1.24. The molecule has 2 aromatic heterocycles. The zero-order valence-corrected chi connectivity index (χ0v) is 18.8. The Labute approximate surface area is 188 Å². The molecule has 0 aliphatic heterocycles. The highest BCUT2D eigenvalue weighted by Crippen LogP contribution is 2.30. The largest absolute Gasteiger partial charge is 0.478 e. The molecule has 0 aliphatic carbocycles. The predicted molar refractivity (Wildman–Crippen MR) is 125 cm³/mol. The van der Waals surface area contributed by atoms with E-state index in [4.69, 9.17) is 16.3 Å². The lowest BCUT2D eigenvalue weighted by Crippen LogP contribution is -2.48. The zero-order valence-electron chi connectivity index (χ0n) is 17.2. The molecule has 0 atom stereocenters. The van der Waals surface area contributed by atoms with Crippen LogP contribution >= 0.6 is 22.9 Å². The van der Waals surface area contributed by atoms with E-state index in [1.54, 1.807) is 45.0 Å². The van der Waals surface area contributed by atoms with Crippen LogP contribution < -0.4 is 15.7 Å². The van der Waals surface area contributed by atoms with Crippen LogP contribution in [0.1, 0.15) is 19.7 Å². The number of halogens is 1. The van der Waals surface area contributed by atoms with Gasteiger partial charge in [-0.05, 0) is 50.6 Å². The summed E-state index contributed by atoms with van der Waals surface area (Å²) < 4.78 is 7.01. The normalized spacial score (nSPS) is 11.5. The Bertz CT molecular complexity index is 1310. The summed E-state index contributed by atoms with van der Waals surface area (Å²) in [6.07, 6.45) is 0. The first-order valence-electron chi connectivity index (χ1n) is 9.58. The number of carbonyl (C=O) groups is 1. The molecule has 0 saturated heterocycles. The molecule has 158 valence electrons. The van der Waals surface area contributed by atoms with Crippen LogP contribution in [0, 0.1) is 6.92 Å². The summed E-state index contributed by atoms with van der Waals surface area (Å²) in [6.45, 7) is 4.93. The Morgan fingerprint density at radius 2 is 1.81 bits per heavy atom. The van der Waals surface area contributed by atoms with E-state index >= 15 is 0 Å². The quantitative estimate of drug-likeness (QED) is 0.460. The van der Waals surface area contributed by atoms with Crippen LogP contribution in [-0.2, 0) is 4.79 Å². The smallest absolute Gasteiger partial charge is 0.282 e. The number of nitrogens with one attached hydrogen (secondary N) is 1. The number of thiophene rings is 1. The fourth-order valence-corrected chi connectivity index (χ4v) is 4.24. The van der Waals surface area contributed by atoms with Crippen molar-refractivity contribution in [3.05, 3.63) is 81.2 Å². The Hall–Kier alpha value is -3.16. The molecule has 0 bridgehead atoms. The number of aryl methyl sites for hydroxylation is 1. The highest BCUT2D eigenvalue weighted by atomic mass is 35.5. The SMILES string of the molecule is Cc1nc2scc(-c3ccccc3)c2c(=O)n1NC(=O)C(C)(C)Oc1ccc(Cl)cc1. The van der Waals surface area contributed by atoms with E-state index in [-0.39, 0.29) is 5.56 Å². The maximum atomic E-state index is 13.3. The molecule has 4 aromatic rings. The molecule has 2 aromatic carbocycles. The minimum Gasteiger partial charge on any atom is -0.478 e. The van der Waals surface area contributed by atoms with Crippen LogP contribution in [0.25, 0.3) is 21.3 Å². The van der Waals surface area contributed by atoms with Gasteiger partial charge in [0.15, 0.2) is 5.60 Å². The number of hydrogen-bond acceptors (Lipinski definition) is 5. The lowest BCUT2D eigenvalue weighted by atomic mass is 10.1. The van der Waals surface area contributed by atoms with Gasteiger partial charge in [0.05, 0.1) is 5.39 Å². The van der Waals surface area contributed by atoms with Gasteiger partial charge in [0.2, 0.25) is 0 Å². The van der Waals surface area contributed by atoms with Crippen molar-refractivity contribution < 1.29 is 9.53 Å². The molecule has 0 radical (unpaired) electrons. The number of rotatable bonds is 5. The molecule has 1 amide bonds. The first kappa shape index (κ1) is 21.1. The first-order chi connectivity index (χ1) is 14.8. The van der Waals surface area contributed by atoms with E-state index in [0.717, 1.165) is 11.1 Å². The molecule has 0 fully saturated rings. The van der Waals surface area contributed by atoms with Crippen LogP contribution in [0.5, 0.6) is 5.75 Å². The number of benzene rings is 2. The van der Waals surface area contributed by atoms with Gasteiger partial charge in [-0.15, -0.1) is 11.3 Å². The predicted octanol–water partition coefficient (Wildman–Crippen LogP) is 5.01. The number of nitrogens with zero attached hydrogens (tertiary/aromatic N) is 2. The summed E-state index contributed by atoms with van der Waals surface area (Å²) in [4.78, 5) is 31.5. The van der Waals surface area contributed by atoms with E-state index in [1.165, 1.54) is 16.0 Å². The Morgan fingerprint density at radius 1 is 1.13 bits per heavy atom. The highest BCUT2D eigenvalue weighted by Gasteiger charge is 2.31. The standard InChI is InChI=1S/C23H20ClN3O3S/c1-14-25-20-19(18(13-31-20)15-7-5-4-6-8-15)21(28)27(14)26-22(29)23(2,3)30-17-11-9-16(24)10-12-17/h4-13H,1-3H3,(H,26,29). The molecular formula is C23H20ClN3O3S. The Kier molecular flexibility index (Phi) is 5.56. The second-order valence-electron chi connectivity index (χ2n) is 7.50. The van der Waals surface area contributed by atoms with Gasteiger partial charge in [-0.1, -0.05) is 41.9 Å². The van der Waals surface area contributed by atoms with Crippen LogP contribution in [0.15, 0.2) is 64.8 Å². The topological polar surface area (TPSA) is 73.2 Å². The van der Waals surface area contributed by atoms with Crippen molar-refractivity contribution in [3.8, 4) is 16.9 Å². The summed E-state index contributed by atoms with van der Waals surface area (Å²) in [5.41, 5.74) is 2.79. The van der Waals surface area contributed by atoms with Gasteiger partial charge in [-0.3, -0.25) is 15.0 Å². The molecule has 0 aliphatic rings. The third-order valence-electron chi connectivity index (χ3n) is 4.81. The third kappa shape index (κ3) is 4.19. The highest BCUT2D eigenvalue weighted by molar-refractivity contribution is 7.17. The second-order valence-corrected chi connectivity index (χ2v) is 8.80. The van der Waals surface area contributed by atoms with Gasteiger partial charge in [0.25, 0.3) is 11.5 Å². The van der Waals surface area contributed by atoms with Crippen LogP contribution in [-0.4, -0.2) is 21.2 Å². The van der Waals surface area contributed by atoms with E-state index in [0.29, 0.717) is 26.8 Å². The van der Waals surface area contributed by atoms with E-state index in [2.05, 4.69) is 10.4 Å². The van der Waals surface area contributed by atoms with Crippen molar-refractivity contribution in [2.45, 2.75) is 26.4 Å². The van der Waals surface area contributed by atoms with Crippen molar-refractivity contribution >= 4 is 39.1 Å². The van der Waals surface area contributed by atoms with Gasteiger partial charge >= 0.3 is 0 Å². The van der Waals surface area contributed by atoms with Gasteiger partial charge in [0, 0.05) is 16.0 Å².